The second-order valence-corrected chi connectivity index (χ2v) is 3.42. The molecule has 1 aliphatic rings. The monoisotopic (exact) mass is 172 g/mol. The lowest BCUT2D eigenvalue weighted by Gasteiger charge is -2.17. The zero-order valence-electron chi connectivity index (χ0n) is 7.66. The fourth-order valence-electron chi connectivity index (χ4n) is 1.81. The topological polar surface area (TPSA) is 17.1 Å². The van der Waals surface area contributed by atoms with Crippen molar-refractivity contribution in [2.45, 2.75) is 19.3 Å². The molecule has 13 heavy (non-hydrogen) atoms. The summed E-state index contributed by atoms with van der Waals surface area (Å²) in [6.45, 7) is 1.65. The number of carbonyl (C=O) groups excluding carboxylic acids is 1. The van der Waals surface area contributed by atoms with Crippen LogP contribution in [0.1, 0.15) is 24.0 Å². The van der Waals surface area contributed by atoms with Crippen LogP contribution in [0, 0.1) is 0 Å². The fourth-order valence-corrected chi connectivity index (χ4v) is 1.81. The van der Waals surface area contributed by atoms with E-state index < -0.39 is 0 Å². The Balaban J connectivity index is 2.48. The minimum absolute atomic E-state index is 0.00931. The molecule has 1 unspecified atom stereocenters. The zero-order valence-corrected chi connectivity index (χ0v) is 7.66. The molecule has 66 valence electrons. The number of Topliss-reactive ketones (excluding diaryl/α,β-unsaturated/α-hetero) is 1. The first kappa shape index (κ1) is 8.24. The van der Waals surface area contributed by atoms with E-state index >= 15 is 0 Å². The molecule has 0 aliphatic heterocycles. The molecule has 1 aromatic carbocycles. The Morgan fingerprint density at radius 2 is 2.15 bits per heavy atom. The summed E-state index contributed by atoms with van der Waals surface area (Å²) in [7, 11) is 0. The van der Waals surface area contributed by atoms with Gasteiger partial charge in [-0.05, 0) is 24.5 Å². The fraction of sp³-hybridized carbons (Fsp3) is 0.250. The highest BCUT2D eigenvalue weighted by Crippen LogP contribution is 2.26. The lowest BCUT2D eigenvalue weighted by Crippen LogP contribution is -2.11. The lowest BCUT2D eigenvalue weighted by atomic mass is 9.86. The van der Waals surface area contributed by atoms with Crippen molar-refractivity contribution >= 4 is 5.78 Å². The first-order valence-corrected chi connectivity index (χ1v) is 4.54. The molecule has 1 heteroatoms. The molecule has 0 N–H and O–H groups in total. The van der Waals surface area contributed by atoms with Crippen molar-refractivity contribution < 1.29 is 4.79 Å². The van der Waals surface area contributed by atoms with Crippen LogP contribution in [0.5, 0.6) is 0 Å². The number of benzene rings is 1. The number of allylic oxidation sites excluding steroid dienone is 2. The van der Waals surface area contributed by atoms with E-state index in [1.165, 1.54) is 11.1 Å². The van der Waals surface area contributed by atoms with Gasteiger partial charge in [0.25, 0.3) is 0 Å². The van der Waals surface area contributed by atoms with Crippen molar-refractivity contribution in [1.82, 2.24) is 0 Å². The molecule has 0 bridgehead atoms. The molecule has 0 fully saturated rings. The van der Waals surface area contributed by atoms with Crippen LogP contribution in [-0.4, -0.2) is 5.78 Å². The number of rotatable bonds is 1. The van der Waals surface area contributed by atoms with Crippen molar-refractivity contribution in [3.8, 4) is 0 Å². The van der Waals surface area contributed by atoms with Crippen molar-refractivity contribution in [2.24, 2.45) is 0 Å². The maximum Gasteiger partial charge on any atom is 0.141 e. The van der Waals surface area contributed by atoms with Crippen LogP contribution in [0.3, 0.4) is 0 Å². The number of ketones is 1. The SMILES string of the molecule is CC(=O)C1C=CCc2ccccc21. The molecule has 2 rings (SSSR count). The van der Waals surface area contributed by atoms with Gasteiger partial charge in [0.05, 0.1) is 5.92 Å². The van der Waals surface area contributed by atoms with Gasteiger partial charge in [-0.25, -0.2) is 0 Å². The van der Waals surface area contributed by atoms with Crippen LogP contribution in [0.2, 0.25) is 0 Å². The Kier molecular flexibility index (Phi) is 2.01. The summed E-state index contributed by atoms with van der Waals surface area (Å²) in [5, 5.41) is 0. The normalized spacial score (nSPS) is 19.6. The standard InChI is InChI=1S/C12H12O/c1-9(13)11-8-4-6-10-5-2-3-7-12(10)11/h2-5,7-8,11H,6H2,1H3. The molecule has 0 amide bonds. The zero-order chi connectivity index (χ0) is 9.26. The quantitative estimate of drug-likeness (QED) is 0.595. The Hall–Kier alpha value is -1.37. The van der Waals surface area contributed by atoms with Gasteiger partial charge in [0.2, 0.25) is 0 Å². The molecule has 0 radical (unpaired) electrons. The summed E-state index contributed by atoms with van der Waals surface area (Å²) < 4.78 is 0. The molecule has 0 saturated heterocycles. The van der Waals surface area contributed by atoms with Gasteiger partial charge in [0, 0.05) is 0 Å². The van der Waals surface area contributed by atoms with Crippen LogP contribution < -0.4 is 0 Å². The van der Waals surface area contributed by atoms with Crippen LogP contribution in [0.4, 0.5) is 0 Å². The summed E-state index contributed by atoms with van der Waals surface area (Å²) in [4.78, 5) is 11.3. The van der Waals surface area contributed by atoms with Crippen molar-refractivity contribution in [1.29, 1.82) is 0 Å². The summed E-state index contributed by atoms with van der Waals surface area (Å²) in [5.41, 5.74) is 2.46. The van der Waals surface area contributed by atoms with E-state index in [-0.39, 0.29) is 11.7 Å². The van der Waals surface area contributed by atoms with Gasteiger partial charge in [0.15, 0.2) is 0 Å². The molecule has 1 aliphatic carbocycles. The largest absolute Gasteiger partial charge is 0.299 e. The van der Waals surface area contributed by atoms with Gasteiger partial charge < -0.3 is 0 Å². The smallest absolute Gasteiger partial charge is 0.141 e. The lowest BCUT2D eigenvalue weighted by molar-refractivity contribution is -0.117. The van der Waals surface area contributed by atoms with E-state index in [2.05, 4.69) is 12.1 Å². The van der Waals surface area contributed by atoms with Crippen molar-refractivity contribution in [3.05, 3.63) is 47.5 Å². The minimum Gasteiger partial charge on any atom is -0.299 e. The second kappa shape index (κ2) is 3.17. The third-order valence-corrected chi connectivity index (χ3v) is 2.49. The molecular formula is C12H12O. The van der Waals surface area contributed by atoms with Gasteiger partial charge in [-0.3, -0.25) is 4.79 Å². The van der Waals surface area contributed by atoms with E-state index in [1.54, 1.807) is 6.92 Å². The van der Waals surface area contributed by atoms with E-state index in [9.17, 15) is 4.79 Å². The summed E-state index contributed by atoms with van der Waals surface area (Å²) in [6.07, 6.45) is 5.04. The molecule has 0 spiro atoms. The molecule has 1 aromatic rings. The first-order chi connectivity index (χ1) is 6.29. The number of fused-ring (bicyclic) bond motifs is 1. The number of hydrogen-bond donors (Lipinski definition) is 0. The predicted octanol–water partition coefficient (Wildman–Crippen LogP) is 2.47. The third kappa shape index (κ3) is 1.42. The van der Waals surface area contributed by atoms with E-state index in [0.29, 0.717) is 0 Å². The Labute approximate surface area is 78.1 Å². The Morgan fingerprint density at radius 3 is 2.92 bits per heavy atom. The average Bonchev–Trinajstić information content (AvgIpc) is 2.17. The molecule has 0 aromatic heterocycles. The molecule has 1 atom stereocenters. The highest BCUT2D eigenvalue weighted by molar-refractivity contribution is 5.86. The minimum atomic E-state index is -0.00931. The van der Waals surface area contributed by atoms with Crippen LogP contribution >= 0.6 is 0 Å². The molecular weight excluding hydrogens is 160 g/mol. The molecule has 0 saturated carbocycles. The summed E-state index contributed by atoms with van der Waals surface area (Å²) in [6, 6.07) is 8.16. The molecule has 1 nitrogen and oxygen atoms in total. The number of carbonyl (C=O) groups is 1. The average molecular weight is 172 g/mol. The van der Waals surface area contributed by atoms with Crippen LogP contribution in [-0.2, 0) is 11.2 Å². The highest BCUT2D eigenvalue weighted by Gasteiger charge is 2.18. The summed E-state index contributed by atoms with van der Waals surface area (Å²) in [5.74, 6) is 0.216. The van der Waals surface area contributed by atoms with E-state index in [1.807, 2.05) is 24.3 Å². The first-order valence-electron chi connectivity index (χ1n) is 4.54. The van der Waals surface area contributed by atoms with Gasteiger partial charge in [-0.15, -0.1) is 0 Å². The van der Waals surface area contributed by atoms with Gasteiger partial charge >= 0.3 is 0 Å². The maximum atomic E-state index is 11.3. The van der Waals surface area contributed by atoms with Gasteiger partial charge in [-0.2, -0.15) is 0 Å². The third-order valence-electron chi connectivity index (χ3n) is 2.49. The maximum absolute atomic E-state index is 11.3. The Bertz CT molecular complexity index is 363. The van der Waals surface area contributed by atoms with E-state index in [0.717, 1.165) is 6.42 Å². The van der Waals surface area contributed by atoms with Gasteiger partial charge in [-0.1, -0.05) is 36.4 Å². The summed E-state index contributed by atoms with van der Waals surface area (Å²) >= 11 is 0. The van der Waals surface area contributed by atoms with Gasteiger partial charge in [0.1, 0.15) is 5.78 Å². The van der Waals surface area contributed by atoms with Crippen molar-refractivity contribution in [2.75, 3.05) is 0 Å². The Morgan fingerprint density at radius 1 is 1.38 bits per heavy atom. The molecule has 0 heterocycles. The van der Waals surface area contributed by atoms with E-state index in [4.69, 9.17) is 0 Å². The second-order valence-electron chi connectivity index (χ2n) is 3.42. The van der Waals surface area contributed by atoms with Crippen LogP contribution in [0.15, 0.2) is 36.4 Å². The van der Waals surface area contributed by atoms with Crippen LogP contribution in [0.25, 0.3) is 0 Å². The highest BCUT2D eigenvalue weighted by atomic mass is 16.1. The predicted molar refractivity (Wildman–Crippen MR) is 52.7 cm³/mol. The van der Waals surface area contributed by atoms with Crippen molar-refractivity contribution in [3.63, 3.8) is 0 Å². The number of hydrogen-bond acceptors (Lipinski definition) is 1.